The number of carboxylic acid groups (broad SMARTS) is 6. The molecule has 0 spiro atoms. The van der Waals surface area contributed by atoms with E-state index in [1.54, 1.807) is 4.90 Å². The van der Waals surface area contributed by atoms with Crippen LogP contribution in [0.4, 0.5) is 0 Å². The Morgan fingerprint density at radius 3 is 1.08 bits per heavy atom. The summed E-state index contributed by atoms with van der Waals surface area (Å²) in [5, 5.41) is 55.3. The average Bonchev–Trinajstić information content (AvgIpc) is 2.87. The van der Waals surface area contributed by atoms with E-state index < -0.39 is 56.5 Å². The molecule has 294 valence electrons. The number of aliphatic carboxylic acids is 6. The summed E-state index contributed by atoms with van der Waals surface area (Å²) >= 11 is 0. The van der Waals surface area contributed by atoms with E-state index in [0.29, 0.717) is 32.1 Å². The molecule has 0 rings (SSSR count). The van der Waals surface area contributed by atoms with Gasteiger partial charge in [0, 0.05) is 39.3 Å². The summed E-state index contributed by atoms with van der Waals surface area (Å²) in [5.74, 6) is -5.48. The summed E-state index contributed by atoms with van der Waals surface area (Å²) < 4.78 is 10.2. The maximum atomic E-state index is 11.1. The van der Waals surface area contributed by atoms with Crippen molar-refractivity contribution >= 4 is 43.4 Å². The molecule has 0 aliphatic heterocycles. The van der Waals surface area contributed by atoms with Gasteiger partial charge in [0.05, 0.1) is 45.6 Å². The van der Waals surface area contributed by atoms with Gasteiger partial charge in [-0.2, -0.15) is 0 Å². The van der Waals surface area contributed by atoms with Crippen LogP contribution in [0.5, 0.6) is 0 Å². The minimum Gasteiger partial charge on any atom is -0.480 e. The van der Waals surface area contributed by atoms with Gasteiger partial charge in [-0.3, -0.25) is 52.9 Å². The zero-order valence-electron chi connectivity index (χ0n) is 29.8. The van der Waals surface area contributed by atoms with Gasteiger partial charge in [-0.25, -0.2) is 0 Å². The van der Waals surface area contributed by atoms with Crippen LogP contribution < -0.4 is 5.32 Å². The third-order valence-electron chi connectivity index (χ3n) is 5.74. The number of hydrogen-bond donors (Lipinski definition) is 9. The van der Waals surface area contributed by atoms with Crippen molar-refractivity contribution in [2.75, 3.05) is 91.4 Å². The molecule has 0 amide bonds. The van der Waals surface area contributed by atoms with Crippen molar-refractivity contribution in [2.24, 2.45) is 17.8 Å². The molecule has 0 radical (unpaired) electrons. The second-order valence-corrected chi connectivity index (χ2v) is 14.4. The summed E-state index contributed by atoms with van der Waals surface area (Å²) in [4.78, 5) is 87.0. The molecule has 0 saturated carbocycles. The van der Waals surface area contributed by atoms with Gasteiger partial charge in [-0.15, -0.1) is 0 Å². The van der Waals surface area contributed by atoms with Gasteiger partial charge in [-0.05, 0) is 24.3 Å². The predicted octanol–water partition coefficient (Wildman–Crippen LogP) is -0.632. The third-order valence-corrected chi connectivity index (χ3v) is 6.37. The lowest BCUT2D eigenvalue weighted by atomic mass is 10.2. The predicted molar refractivity (Wildman–Crippen MR) is 181 cm³/mol. The van der Waals surface area contributed by atoms with Gasteiger partial charge in [0.2, 0.25) is 0 Å². The molecular formula is C29H58N5O15P. The van der Waals surface area contributed by atoms with E-state index >= 15 is 0 Å². The molecular weight excluding hydrogens is 689 g/mol. The standard InChI is InChI=1S/C16H29N3O8.C8H15NO4.C5H14NO3P/c1-12(2)7-18(9-14(22)23)5-3-17(8-13(20)21)4-6-19(10-15(24)25)11-16(26)27;1-6(2)3-9(4-7(10)11)5-8(12)13;1-5(2)3-6-4-10(7,8)9/h12H,3-11H2,1-2H3,(H,20,21)(H,22,23)(H,24,25)(H,26,27);6H,3-5H2,1-2H3,(H,10,11)(H,12,13);5-6H,3-4H2,1-2H3,(H2,7,8,9). The molecule has 21 heteroatoms. The molecule has 0 aliphatic carbocycles. The highest BCUT2D eigenvalue weighted by Gasteiger charge is 2.19. The van der Waals surface area contributed by atoms with Gasteiger partial charge in [0.25, 0.3) is 0 Å². The lowest BCUT2D eigenvalue weighted by Gasteiger charge is -2.28. The highest BCUT2D eigenvalue weighted by Crippen LogP contribution is 2.31. The topological polar surface area (TPSA) is 306 Å². The molecule has 0 unspecified atom stereocenters. The minimum absolute atomic E-state index is 0.0645. The molecule has 0 aromatic heterocycles. The third kappa shape index (κ3) is 40.9. The molecule has 0 atom stereocenters. The number of carbonyl (C=O) groups is 6. The largest absolute Gasteiger partial charge is 0.480 e. The van der Waals surface area contributed by atoms with Crippen molar-refractivity contribution in [3.63, 3.8) is 0 Å². The van der Waals surface area contributed by atoms with Crippen molar-refractivity contribution in [1.29, 1.82) is 0 Å². The van der Waals surface area contributed by atoms with Crippen LogP contribution in [0.25, 0.3) is 0 Å². The molecule has 0 aromatic carbocycles. The normalized spacial score (nSPS) is 11.5. The molecule has 0 heterocycles. The van der Waals surface area contributed by atoms with E-state index in [-0.39, 0.29) is 63.9 Å². The number of nitrogens with one attached hydrogen (secondary N) is 1. The second kappa shape index (κ2) is 28.5. The first-order valence-corrected chi connectivity index (χ1v) is 17.6. The van der Waals surface area contributed by atoms with Crippen LogP contribution in [0.3, 0.4) is 0 Å². The maximum Gasteiger partial charge on any atom is 0.339 e. The van der Waals surface area contributed by atoms with Crippen LogP contribution in [0.15, 0.2) is 0 Å². The number of hydrogen-bond acceptors (Lipinski definition) is 12. The van der Waals surface area contributed by atoms with Crippen molar-refractivity contribution < 1.29 is 73.8 Å². The fraction of sp³-hybridized carbons (Fsp3) is 0.793. The fourth-order valence-corrected chi connectivity index (χ4v) is 4.57. The Hall–Kier alpha value is -3.23. The Morgan fingerprint density at radius 2 is 0.760 bits per heavy atom. The number of carboxylic acids is 6. The van der Waals surface area contributed by atoms with Gasteiger partial charge in [0.1, 0.15) is 0 Å². The fourth-order valence-electron chi connectivity index (χ4n) is 4.15. The smallest absolute Gasteiger partial charge is 0.339 e. The first kappa shape index (κ1) is 51.1. The van der Waals surface area contributed by atoms with Crippen molar-refractivity contribution in [3.05, 3.63) is 0 Å². The lowest BCUT2D eigenvalue weighted by Crippen LogP contribution is -2.45. The van der Waals surface area contributed by atoms with Crippen molar-refractivity contribution in [2.45, 2.75) is 41.5 Å². The molecule has 50 heavy (non-hydrogen) atoms. The van der Waals surface area contributed by atoms with Gasteiger partial charge < -0.3 is 45.7 Å². The summed E-state index contributed by atoms with van der Waals surface area (Å²) in [5.41, 5.74) is 0. The number of nitrogens with zero attached hydrogens (tertiary/aromatic N) is 4. The van der Waals surface area contributed by atoms with E-state index in [1.165, 1.54) is 14.7 Å². The van der Waals surface area contributed by atoms with E-state index in [2.05, 4.69) is 5.32 Å². The molecule has 20 nitrogen and oxygen atoms in total. The van der Waals surface area contributed by atoms with Crippen LogP contribution in [0.1, 0.15) is 41.5 Å². The lowest BCUT2D eigenvalue weighted by molar-refractivity contribution is -0.144. The Labute approximate surface area is 292 Å². The summed E-state index contributed by atoms with van der Waals surface area (Å²) in [7, 11) is -3.83. The van der Waals surface area contributed by atoms with Crippen LogP contribution in [0, 0.1) is 17.8 Å². The zero-order valence-corrected chi connectivity index (χ0v) is 30.7. The maximum absolute atomic E-state index is 11.1. The first-order valence-electron chi connectivity index (χ1n) is 15.8. The van der Waals surface area contributed by atoms with Gasteiger partial charge >= 0.3 is 43.4 Å². The number of rotatable bonds is 26. The highest BCUT2D eigenvalue weighted by atomic mass is 31.2. The Kier molecular flexibility index (Phi) is 29.1. The first-order chi connectivity index (χ1) is 22.8. The Balaban J connectivity index is -0.000000789. The van der Waals surface area contributed by atoms with E-state index in [1.807, 2.05) is 41.5 Å². The molecule has 9 N–H and O–H groups in total. The summed E-state index contributed by atoms with van der Waals surface area (Å²) in [6.45, 7) is 12.3. The quantitative estimate of drug-likeness (QED) is 0.0497. The Morgan fingerprint density at radius 1 is 0.480 bits per heavy atom. The van der Waals surface area contributed by atoms with E-state index in [9.17, 15) is 33.3 Å². The van der Waals surface area contributed by atoms with Crippen LogP contribution in [-0.4, -0.2) is 187 Å². The molecule has 0 aromatic rings. The molecule has 0 bridgehead atoms. The van der Waals surface area contributed by atoms with E-state index in [0.717, 1.165) is 0 Å². The SMILES string of the molecule is CC(C)CN(CC(=O)O)CC(=O)O.CC(C)CN(CCN(CCN(CC(=O)O)CC(=O)O)CC(=O)O)CC(=O)O.CC(C)CNCP(=O)(O)O. The van der Waals surface area contributed by atoms with Gasteiger partial charge in [-0.1, -0.05) is 41.5 Å². The molecule has 0 aliphatic rings. The second-order valence-electron chi connectivity index (χ2n) is 12.7. The van der Waals surface area contributed by atoms with Crippen LogP contribution in [-0.2, 0) is 33.3 Å². The minimum atomic E-state index is -3.83. The van der Waals surface area contributed by atoms with Crippen molar-refractivity contribution in [3.8, 4) is 0 Å². The zero-order chi connectivity index (χ0) is 39.6. The van der Waals surface area contributed by atoms with E-state index in [4.69, 9.17) is 40.4 Å². The molecule has 0 saturated heterocycles. The van der Waals surface area contributed by atoms with Crippen LogP contribution in [0.2, 0.25) is 0 Å². The molecule has 0 fully saturated rings. The Bertz CT molecular complexity index is 1040. The highest BCUT2D eigenvalue weighted by molar-refractivity contribution is 7.51. The monoisotopic (exact) mass is 747 g/mol. The summed E-state index contributed by atoms with van der Waals surface area (Å²) in [6, 6.07) is 0. The van der Waals surface area contributed by atoms with Crippen molar-refractivity contribution in [1.82, 2.24) is 24.9 Å². The average molecular weight is 748 g/mol. The van der Waals surface area contributed by atoms with Gasteiger partial charge in [0.15, 0.2) is 0 Å². The van der Waals surface area contributed by atoms with Crippen LogP contribution >= 0.6 is 7.60 Å². The summed E-state index contributed by atoms with van der Waals surface area (Å²) in [6.07, 6.45) is -0.217.